The van der Waals surface area contributed by atoms with E-state index in [0.29, 0.717) is 37.3 Å². The molecule has 0 bridgehead atoms. The molecule has 5 aromatic rings. The van der Waals surface area contributed by atoms with E-state index in [-0.39, 0.29) is 22.7 Å². The van der Waals surface area contributed by atoms with Gasteiger partial charge in [-0.05, 0) is 60.2 Å². The summed E-state index contributed by atoms with van der Waals surface area (Å²) in [6.07, 6.45) is 0. The number of nitrogen functional groups attached to an aromatic ring is 1. The van der Waals surface area contributed by atoms with E-state index in [1.54, 1.807) is 36.4 Å². The third kappa shape index (κ3) is 4.25. The molecule has 9 heteroatoms. The van der Waals surface area contributed by atoms with Crippen LogP contribution in [-0.4, -0.2) is 10.8 Å². The first-order valence-corrected chi connectivity index (χ1v) is 11.3. The Labute approximate surface area is 212 Å². The fourth-order valence-corrected chi connectivity index (χ4v) is 4.34. The van der Waals surface area contributed by atoms with Gasteiger partial charge < -0.3 is 10.2 Å². The van der Waals surface area contributed by atoms with Gasteiger partial charge >= 0.3 is 0 Å². The molecule has 0 saturated heterocycles. The summed E-state index contributed by atoms with van der Waals surface area (Å²) >= 11 is 18.6. The smallest absolute Gasteiger partial charge is 0.230 e. The monoisotopic (exact) mass is 528 g/mol. The van der Waals surface area contributed by atoms with Gasteiger partial charge in [0.15, 0.2) is 11.6 Å². The summed E-state index contributed by atoms with van der Waals surface area (Å²) in [7, 11) is 0. The molecule has 2 aromatic heterocycles. The number of aromatic nitrogens is 1. The van der Waals surface area contributed by atoms with Gasteiger partial charge in [-0.25, -0.2) is 13.8 Å². The number of rotatable bonds is 4. The van der Waals surface area contributed by atoms with Gasteiger partial charge in [0.05, 0.1) is 21.8 Å². The van der Waals surface area contributed by atoms with Gasteiger partial charge in [-0.2, -0.15) is 0 Å². The van der Waals surface area contributed by atoms with Crippen molar-refractivity contribution >= 4 is 57.4 Å². The standard InChI is InChI=1S/C26H13Cl3F2N2O2/c27-14-4-1-12(2-5-14)17-11-18-22(32)25(24(34)13-3-8-20(30)21(31)9-13)35-26(18)33-23(17)16-7-6-15(28)10-19(16)29/h1-11H,32H2. The molecular formula is C26H13Cl3F2N2O2. The average Bonchev–Trinajstić information content (AvgIpc) is 3.15. The Morgan fingerprint density at radius 3 is 2.23 bits per heavy atom. The Bertz CT molecular complexity index is 1630. The second-order valence-electron chi connectivity index (χ2n) is 7.67. The number of nitrogens with zero attached hydrogens (tertiary/aromatic N) is 1. The fourth-order valence-electron chi connectivity index (χ4n) is 3.71. The minimum Gasteiger partial charge on any atom is -0.432 e. The van der Waals surface area contributed by atoms with Crippen LogP contribution in [0.4, 0.5) is 14.5 Å². The van der Waals surface area contributed by atoms with Gasteiger partial charge in [0, 0.05) is 26.7 Å². The first kappa shape index (κ1) is 23.3. The summed E-state index contributed by atoms with van der Waals surface area (Å²) in [6.45, 7) is 0. The number of carbonyl (C=O) groups is 1. The number of anilines is 1. The molecule has 0 radical (unpaired) electrons. The lowest BCUT2D eigenvalue weighted by Gasteiger charge is -2.11. The lowest BCUT2D eigenvalue weighted by molar-refractivity contribution is 0.101. The van der Waals surface area contributed by atoms with Crippen LogP contribution in [0, 0.1) is 11.6 Å². The van der Waals surface area contributed by atoms with Crippen molar-refractivity contribution in [1.82, 2.24) is 4.98 Å². The van der Waals surface area contributed by atoms with Gasteiger partial charge in [-0.1, -0.05) is 46.9 Å². The van der Waals surface area contributed by atoms with Gasteiger partial charge in [-0.15, -0.1) is 0 Å². The zero-order valence-corrected chi connectivity index (χ0v) is 19.8. The van der Waals surface area contributed by atoms with Crippen molar-refractivity contribution in [3.05, 3.63) is 105 Å². The van der Waals surface area contributed by atoms with Crippen LogP contribution in [-0.2, 0) is 0 Å². The maximum atomic E-state index is 13.7. The van der Waals surface area contributed by atoms with Crippen molar-refractivity contribution in [3.63, 3.8) is 0 Å². The minimum atomic E-state index is -1.16. The molecule has 0 spiro atoms. The maximum Gasteiger partial charge on any atom is 0.230 e. The third-order valence-corrected chi connectivity index (χ3v) is 6.25. The topological polar surface area (TPSA) is 69.1 Å². The first-order chi connectivity index (χ1) is 16.7. The van der Waals surface area contributed by atoms with Crippen LogP contribution >= 0.6 is 34.8 Å². The fraction of sp³-hybridized carbons (Fsp3) is 0. The SMILES string of the molecule is Nc1c(C(=O)c2ccc(F)c(F)c2)oc2nc(-c3ccc(Cl)cc3Cl)c(-c3ccc(Cl)cc3)cc12. The quantitative estimate of drug-likeness (QED) is 0.238. The minimum absolute atomic E-state index is 0.0196. The highest BCUT2D eigenvalue weighted by Gasteiger charge is 2.24. The highest BCUT2D eigenvalue weighted by atomic mass is 35.5. The highest BCUT2D eigenvalue weighted by molar-refractivity contribution is 6.36. The molecule has 5 rings (SSSR count). The number of nitrogens with two attached hydrogens (primary N) is 1. The molecule has 0 unspecified atom stereocenters. The Morgan fingerprint density at radius 1 is 0.829 bits per heavy atom. The summed E-state index contributed by atoms with van der Waals surface area (Å²) in [5.41, 5.74) is 8.70. The molecule has 174 valence electrons. The van der Waals surface area contributed by atoms with Crippen molar-refractivity contribution in [3.8, 4) is 22.4 Å². The van der Waals surface area contributed by atoms with Gasteiger partial charge in [0.25, 0.3) is 0 Å². The average molecular weight is 530 g/mol. The van der Waals surface area contributed by atoms with E-state index in [9.17, 15) is 13.6 Å². The molecule has 3 aromatic carbocycles. The zero-order valence-electron chi connectivity index (χ0n) is 17.6. The molecule has 0 aliphatic rings. The molecule has 35 heavy (non-hydrogen) atoms. The molecular weight excluding hydrogens is 517 g/mol. The maximum absolute atomic E-state index is 13.7. The van der Waals surface area contributed by atoms with E-state index in [1.165, 1.54) is 0 Å². The van der Waals surface area contributed by atoms with Crippen LogP contribution in [0.2, 0.25) is 15.1 Å². The van der Waals surface area contributed by atoms with Gasteiger partial charge in [0.2, 0.25) is 17.3 Å². The Hall–Kier alpha value is -3.45. The normalized spacial score (nSPS) is 11.2. The summed E-state index contributed by atoms with van der Waals surface area (Å²) < 4.78 is 32.8. The van der Waals surface area contributed by atoms with Crippen LogP contribution in [0.3, 0.4) is 0 Å². The number of pyridine rings is 1. The van der Waals surface area contributed by atoms with E-state index >= 15 is 0 Å². The van der Waals surface area contributed by atoms with Gasteiger partial charge in [-0.3, -0.25) is 4.79 Å². The number of halogens is 5. The zero-order chi connectivity index (χ0) is 24.9. The first-order valence-electron chi connectivity index (χ1n) is 10.2. The summed E-state index contributed by atoms with van der Waals surface area (Å²) in [6, 6.07) is 16.6. The summed E-state index contributed by atoms with van der Waals surface area (Å²) in [5.74, 6) is -3.18. The molecule has 0 amide bonds. The molecule has 0 saturated carbocycles. The van der Waals surface area contributed by atoms with E-state index in [1.807, 2.05) is 12.1 Å². The van der Waals surface area contributed by atoms with Crippen molar-refractivity contribution in [1.29, 1.82) is 0 Å². The van der Waals surface area contributed by atoms with Crippen molar-refractivity contribution < 1.29 is 18.0 Å². The molecule has 2 heterocycles. The predicted molar refractivity (Wildman–Crippen MR) is 134 cm³/mol. The van der Waals surface area contributed by atoms with Crippen molar-refractivity contribution in [2.24, 2.45) is 0 Å². The molecule has 0 fully saturated rings. The molecule has 0 aliphatic carbocycles. The Morgan fingerprint density at radius 2 is 1.54 bits per heavy atom. The largest absolute Gasteiger partial charge is 0.432 e. The number of carbonyl (C=O) groups excluding carboxylic acids is 1. The van der Waals surface area contributed by atoms with E-state index in [2.05, 4.69) is 4.98 Å². The van der Waals surface area contributed by atoms with Crippen LogP contribution < -0.4 is 5.73 Å². The Balaban J connectivity index is 1.74. The van der Waals surface area contributed by atoms with E-state index in [4.69, 9.17) is 45.0 Å². The Kier molecular flexibility index (Phi) is 5.97. The predicted octanol–water partition coefficient (Wildman–Crippen LogP) is 8.21. The molecule has 4 nitrogen and oxygen atoms in total. The van der Waals surface area contributed by atoms with Crippen molar-refractivity contribution in [2.45, 2.75) is 0 Å². The van der Waals surface area contributed by atoms with Crippen LogP contribution in [0.1, 0.15) is 16.1 Å². The van der Waals surface area contributed by atoms with Crippen LogP contribution in [0.5, 0.6) is 0 Å². The number of ketones is 1. The number of hydrogen-bond donors (Lipinski definition) is 1. The number of hydrogen-bond acceptors (Lipinski definition) is 4. The summed E-state index contributed by atoms with van der Waals surface area (Å²) in [5, 5.41) is 1.73. The summed E-state index contributed by atoms with van der Waals surface area (Å²) in [4.78, 5) is 17.6. The van der Waals surface area contributed by atoms with Crippen LogP contribution in [0.15, 0.2) is 71.1 Å². The number of furan rings is 1. The molecule has 0 atom stereocenters. The lowest BCUT2D eigenvalue weighted by Crippen LogP contribution is -2.04. The highest BCUT2D eigenvalue weighted by Crippen LogP contribution is 2.40. The van der Waals surface area contributed by atoms with Crippen molar-refractivity contribution in [2.75, 3.05) is 5.73 Å². The molecule has 0 aliphatic heterocycles. The molecule has 2 N–H and O–H groups in total. The number of fused-ring (bicyclic) bond motifs is 1. The van der Waals surface area contributed by atoms with E-state index < -0.39 is 17.4 Å². The van der Waals surface area contributed by atoms with Crippen LogP contribution in [0.25, 0.3) is 33.5 Å². The number of benzene rings is 3. The third-order valence-electron chi connectivity index (χ3n) is 5.45. The second kappa shape index (κ2) is 8.96. The van der Waals surface area contributed by atoms with E-state index in [0.717, 1.165) is 23.8 Å². The van der Waals surface area contributed by atoms with Gasteiger partial charge in [0.1, 0.15) is 0 Å². The second-order valence-corrected chi connectivity index (χ2v) is 8.95. The lowest BCUT2D eigenvalue weighted by atomic mass is 9.98.